The molecule has 1 atom stereocenters. The van der Waals surface area contributed by atoms with Crippen LogP contribution in [0.25, 0.3) is 10.2 Å². The van der Waals surface area contributed by atoms with Crippen molar-refractivity contribution in [1.29, 1.82) is 0 Å². The summed E-state index contributed by atoms with van der Waals surface area (Å²) in [5.74, 6) is 0. The van der Waals surface area contributed by atoms with E-state index < -0.39 is 0 Å². The lowest BCUT2D eigenvalue weighted by Gasteiger charge is -2.22. The third kappa shape index (κ3) is 2.79. The van der Waals surface area contributed by atoms with Crippen molar-refractivity contribution >= 4 is 27.2 Å². The molecule has 0 unspecified atom stereocenters. The summed E-state index contributed by atoms with van der Waals surface area (Å²) in [7, 11) is 0. The standard InChI is InChI=1S/C18H17N3O2S/c22-21(23)15-8-3-1-6-13(15)12-20-11-5-9-16(20)18-19-14-7-2-4-10-17(14)24-18/h1-4,6-8,10,16H,5,9,11-12H2/t16-/m0/s1. The largest absolute Gasteiger partial charge is 0.289 e. The molecular weight excluding hydrogens is 322 g/mol. The number of para-hydroxylation sites is 2. The van der Waals surface area contributed by atoms with Gasteiger partial charge in [0.2, 0.25) is 0 Å². The van der Waals surface area contributed by atoms with E-state index in [1.165, 1.54) is 4.70 Å². The number of nitro groups is 1. The zero-order chi connectivity index (χ0) is 16.5. The number of nitro benzene ring substituents is 1. The Bertz CT molecular complexity index is 860. The third-order valence-corrected chi connectivity index (χ3v) is 5.66. The number of thiazole rings is 1. The minimum absolute atomic E-state index is 0.201. The molecule has 1 aliphatic rings. The summed E-state index contributed by atoms with van der Waals surface area (Å²) in [5.41, 5.74) is 2.01. The second-order valence-electron chi connectivity index (χ2n) is 6.03. The van der Waals surface area contributed by atoms with Gasteiger partial charge >= 0.3 is 0 Å². The number of likely N-dealkylation sites (tertiary alicyclic amines) is 1. The third-order valence-electron chi connectivity index (χ3n) is 4.52. The Hall–Kier alpha value is -2.31. The molecule has 0 radical (unpaired) electrons. The highest BCUT2D eigenvalue weighted by Gasteiger charge is 2.30. The van der Waals surface area contributed by atoms with Crippen LogP contribution in [0.15, 0.2) is 48.5 Å². The molecule has 0 aliphatic carbocycles. The van der Waals surface area contributed by atoms with Gasteiger partial charge in [-0.2, -0.15) is 0 Å². The van der Waals surface area contributed by atoms with Crippen molar-refractivity contribution in [2.45, 2.75) is 25.4 Å². The van der Waals surface area contributed by atoms with E-state index in [1.54, 1.807) is 23.5 Å². The van der Waals surface area contributed by atoms with E-state index >= 15 is 0 Å². The molecule has 0 amide bonds. The van der Waals surface area contributed by atoms with Crippen LogP contribution >= 0.6 is 11.3 Å². The molecule has 2 aromatic carbocycles. The molecule has 0 spiro atoms. The van der Waals surface area contributed by atoms with E-state index in [4.69, 9.17) is 4.98 Å². The van der Waals surface area contributed by atoms with Gasteiger partial charge in [0.15, 0.2) is 0 Å². The minimum atomic E-state index is -0.294. The minimum Gasteiger partial charge on any atom is -0.289 e. The lowest BCUT2D eigenvalue weighted by atomic mass is 10.1. The SMILES string of the molecule is O=[N+]([O-])c1ccccc1CN1CCC[C@H]1c1nc2ccccc2s1. The molecule has 2 heterocycles. The van der Waals surface area contributed by atoms with Crippen molar-refractivity contribution in [2.75, 3.05) is 6.54 Å². The highest BCUT2D eigenvalue weighted by molar-refractivity contribution is 7.18. The predicted octanol–water partition coefficient (Wildman–Crippen LogP) is 4.54. The van der Waals surface area contributed by atoms with Gasteiger partial charge in [-0.05, 0) is 31.5 Å². The van der Waals surface area contributed by atoms with Gasteiger partial charge in [0.1, 0.15) is 5.01 Å². The van der Waals surface area contributed by atoms with Gasteiger partial charge in [-0.25, -0.2) is 4.98 Å². The van der Waals surface area contributed by atoms with Crippen LogP contribution in [0, 0.1) is 10.1 Å². The van der Waals surface area contributed by atoms with Gasteiger partial charge in [-0.15, -0.1) is 11.3 Å². The van der Waals surface area contributed by atoms with Crippen LogP contribution in [0.2, 0.25) is 0 Å². The van der Waals surface area contributed by atoms with Crippen molar-refractivity contribution in [3.05, 3.63) is 69.2 Å². The maximum absolute atomic E-state index is 11.2. The van der Waals surface area contributed by atoms with E-state index in [0.717, 1.165) is 35.5 Å². The normalized spacial score (nSPS) is 18.2. The van der Waals surface area contributed by atoms with Crippen LogP contribution in [0.4, 0.5) is 5.69 Å². The van der Waals surface area contributed by atoms with Crippen LogP contribution < -0.4 is 0 Å². The average Bonchev–Trinajstić information content (AvgIpc) is 3.21. The van der Waals surface area contributed by atoms with Gasteiger partial charge in [-0.1, -0.05) is 30.3 Å². The fourth-order valence-corrected chi connectivity index (χ4v) is 4.51. The molecule has 5 nitrogen and oxygen atoms in total. The van der Waals surface area contributed by atoms with E-state index in [0.29, 0.717) is 6.54 Å². The Morgan fingerprint density at radius 1 is 1.21 bits per heavy atom. The van der Waals surface area contributed by atoms with Gasteiger partial charge in [0.25, 0.3) is 5.69 Å². The smallest absolute Gasteiger partial charge is 0.273 e. The van der Waals surface area contributed by atoms with Crippen LogP contribution in [-0.2, 0) is 6.54 Å². The Kier molecular flexibility index (Phi) is 4.00. The molecule has 1 saturated heterocycles. The van der Waals surface area contributed by atoms with E-state index in [9.17, 15) is 10.1 Å². The second-order valence-corrected chi connectivity index (χ2v) is 7.10. The lowest BCUT2D eigenvalue weighted by molar-refractivity contribution is -0.385. The van der Waals surface area contributed by atoms with Gasteiger partial charge in [0, 0.05) is 18.2 Å². The van der Waals surface area contributed by atoms with Crippen molar-refractivity contribution in [3.63, 3.8) is 0 Å². The summed E-state index contributed by atoms with van der Waals surface area (Å²) in [6.07, 6.45) is 2.15. The molecular formula is C18H17N3O2S. The second kappa shape index (κ2) is 6.30. The molecule has 122 valence electrons. The highest BCUT2D eigenvalue weighted by atomic mass is 32.1. The first-order chi connectivity index (χ1) is 11.7. The van der Waals surface area contributed by atoms with Gasteiger partial charge < -0.3 is 0 Å². The predicted molar refractivity (Wildman–Crippen MR) is 95.1 cm³/mol. The Morgan fingerprint density at radius 2 is 2.00 bits per heavy atom. The van der Waals surface area contributed by atoms with Crippen LogP contribution in [-0.4, -0.2) is 21.4 Å². The van der Waals surface area contributed by atoms with Crippen molar-refractivity contribution in [3.8, 4) is 0 Å². The molecule has 1 aliphatic heterocycles. The zero-order valence-electron chi connectivity index (χ0n) is 13.1. The number of hydrogen-bond acceptors (Lipinski definition) is 5. The first-order valence-electron chi connectivity index (χ1n) is 8.04. The van der Waals surface area contributed by atoms with Gasteiger partial charge in [-0.3, -0.25) is 15.0 Å². The summed E-state index contributed by atoms with van der Waals surface area (Å²) in [5, 5.41) is 12.4. The van der Waals surface area contributed by atoms with E-state index in [-0.39, 0.29) is 16.7 Å². The zero-order valence-corrected chi connectivity index (χ0v) is 13.9. The summed E-state index contributed by atoms with van der Waals surface area (Å²) >= 11 is 1.73. The fraction of sp³-hybridized carbons (Fsp3) is 0.278. The molecule has 1 fully saturated rings. The topological polar surface area (TPSA) is 59.3 Å². The van der Waals surface area contributed by atoms with Crippen LogP contribution in [0.1, 0.15) is 29.5 Å². The van der Waals surface area contributed by atoms with E-state index in [1.807, 2.05) is 30.3 Å². The first kappa shape index (κ1) is 15.2. The van der Waals surface area contributed by atoms with Crippen LogP contribution in [0.3, 0.4) is 0 Å². The quantitative estimate of drug-likeness (QED) is 0.517. The van der Waals surface area contributed by atoms with E-state index in [2.05, 4.69) is 11.0 Å². The molecule has 0 bridgehead atoms. The summed E-state index contributed by atoms with van der Waals surface area (Å²) in [4.78, 5) is 18.1. The van der Waals surface area contributed by atoms with Crippen LogP contribution in [0.5, 0.6) is 0 Å². The van der Waals surface area contributed by atoms with Crippen molar-refractivity contribution < 1.29 is 4.92 Å². The Labute approximate surface area is 143 Å². The molecule has 6 heteroatoms. The maximum atomic E-state index is 11.2. The molecule has 0 saturated carbocycles. The summed E-state index contributed by atoms with van der Waals surface area (Å²) in [6, 6.07) is 15.4. The molecule has 1 aromatic heterocycles. The number of benzene rings is 2. The molecule has 0 N–H and O–H groups in total. The Balaban J connectivity index is 1.62. The lowest BCUT2D eigenvalue weighted by Crippen LogP contribution is -2.23. The first-order valence-corrected chi connectivity index (χ1v) is 8.86. The molecule has 4 rings (SSSR count). The Morgan fingerprint density at radius 3 is 2.83 bits per heavy atom. The summed E-state index contributed by atoms with van der Waals surface area (Å²) in [6.45, 7) is 1.55. The molecule has 3 aromatic rings. The fourth-order valence-electron chi connectivity index (χ4n) is 3.37. The van der Waals surface area contributed by atoms with Gasteiger partial charge in [0.05, 0.1) is 21.2 Å². The number of rotatable bonds is 4. The molecule has 24 heavy (non-hydrogen) atoms. The number of fused-ring (bicyclic) bond motifs is 1. The van der Waals surface area contributed by atoms with Crippen molar-refractivity contribution in [1.82, 2.24) is 9.88 Å². The summed E-state index contributed by atoms with van der Waals surface area (Å²) < 4.78 is 1.20. The maximum Gasteiger partial charge on any atom is 0.273 e. The monoisotopic (exact) mass is 339 g/mol. The number of hydrogen-bond donors (Lipinski definition) is 0. The highest BCUT2D eigenvalue weighted by Crippen LogP contribution is 2.37. The average molecular weight is 339 g/mol. The number of nitrogens with zero attached hydrogens (tertiary/aromatic N) is 3. The number of aromatic nitrogens is 1. The van der Waals surface area contributed by atoms with Crippen molar-refractivity contribution in [2.24, 2.45) is 0 Å².